The lowest BCUT2D eigenvalue weighted by atomic mass is 9.97. The minimum atomic E-state index is -1.32. The van der Waals surface area contributed by atoms with E-state index in [-0.39, 0.29) is 0 Å². The third kappa shape index (κ3) is 6.40. The molecule has 2 atom stereocenters. The number of carbonyl (C=O) groups is 1. The van der Waals surface area contributed by atoms with Gasteiger partial charge in [0.15, 0.2) is 4.84 Å². The zero-order valence-corrected chi connectivity index (χ0v) is 18.9. The molecule has 3 N–H and O–H groups in total. The van der Waals surface area contributed by atoms with Crippen molar-refractivity contribution in [3.8, 4) is 11.1 Å². The minimum Gasteiger partial charge on any atom is -0.386 e. The summed E-state index contributed by atoms with van der Waals surface area (Å²) in [6.07, 6.45) is -1.21. The minimum absolute atomic E-state index is 0.498. The Kier molecular flexibility index (Phi) is 8.69. The van der Waals surface area contributed by atoms with E-state index in [1.54, 1.807) is 12.1 Å². The largest absolute Gasteiger partial charge is 0.386 e. The molecule has 1 amide bonds. The Morgan fingerprint density at radius 2 is 1.71 bits per heavy atom. The molecule has 0 bridgehead atoms. The van der Waals surface area contributed by atoms with Gasteiger partial charge in [-0.1, -0.05) is 71.7 Å². The van der Waals surface area contributed by atoms with Gasteiger partial charge in [0.25, 0.3) is 5.91 Å². The van der Waals surface area contributed by atoms with Gasteiger partial charge < -0.3 is 15.7 Å². The number of amides is 1. The van der Waals surface area contributed by atoms with Gasteiger partial charge in [-0.05, 0) is 35.2 Å². The van der Waals surface area contributed by atoms with Crippen LogP contribution in [0.1, 0.15) is 17.2 Å². The highest BCUT2D eigenvalue weighted by Gasteiger charge is 2.26. The lowest BCUT2D eigenvalue weighted by molar-refractivity contribution is -0.121. The molecule has 0 radical (unpaired) electrons. The van der Waals surface area contributed by atoms with E-state index in [9.17, 15) is 14.3 Å². The normalized spacial score (nSPS) is 16.7. The molecule has 2 aromatic rings. The van der Waals surface area contributed by atoms with Crippen LogP contribution in [-0.4, -0.2) is 60.1 Å². The smallest absolute Gasteiger partial charge is 0.253 e. The molecular weight excluding hydrogens is 440 g/mol. The average Bonchev–Trinajstić information content (AvgIpc) is 2.76. The Bertz CT molecular complexity index is 843. The third-order valence-corrected chi connectivity index (χ3v) is 5.94. The zero-order chi connectivity index (χ0) is 22.4. The van der Waals surface area contributed by atoms with Gasteiger partial charge in [0.2, 0.25) is 0 Å². The fourth-order valence-corrected chi connectivity index (χ4v) is 3.96. The second-order valence-corrected chi connectivity index (χ2v) is 9.05. The molecule has 0 unspecified atom stereocenters. The second kappa shape index (κ2) is 11.2. The van der Waals surface area contributed by atoms with Gasteiger partial charge in [-0.3, -0.25) is 9.69 Å². The van der Waals surface area contributed by atoms with E-state index < -0.39 is 29.6 Å². The maximum Gasteiger partial charge on any atom is 0.253 e. The van der Waals surface area contributed by atoms with Crippen LogP contribution >= 0.6 is 23.2 Å². The van der Waals surface area contributed by atoms with E-state index in [2.05, 4.69) is 39.8 Å². The molecule has 1 heterocycles. The average molecular weight is 468 g/mol. The van der Waals surface area contributed by atoms with Crippen molar-refractivity contribution in [2.24, 2.45) is 5.92 Å². The highest BCUT2D eigenvalue weighted by atomic mass is 35.5. The molecule has 2 aromatic carbocycles. The number of alkyl halides is 3. The summed E-state index contributed by atoms with van der Waals surface area (Å²) in [5.74, 6) is 0.00673. The first-order valence-corrected chi connectivity index (χ1v) is 11.2. The molecule has 8 heteroatoms. The first-order chi connectivity index (χ1) is 14.9. The SMILES string of the molecule is CNCC1CN(Cc2ccc(-c3ccc([C@H](O)[C@@H](CF)NC(=O)C(Cl)Cl)cc3)cc2)C1. The van der Waals surface area contributed by atoms with E-state index in [1.165, 1.54) is 5.56 Å². The number of benzene rings is 2. The van der Waals surface area contributed by atoms with Gasteiger partial charge in [-0.2, -0.15) is 0 Å². The Morgan fingerprint density at radius 1 is 1.13 bits per heavy atom. The van der Waals surface area contributed by atoms with E-state index in [0.29, 0.717) is 5.56 Å². The van der Waals surface area contributed by atoms with Crippen molar-refractivity contribution in [2.45, 2.75) is 23.5 Å². The number of halogens is 3. The van der Waals surface area contributed by atoms with Gasteiger partial charge >= 0.3 is 0 Å². The predicted octanol–water partition coefficient (Wildman–Crippen LogP) is 3.30. The standard InChI is InChI=1S/C23H28Cl2FN3O2/c1-27-11-16-13-29(14-16)12-15-2-4-17(5-3-15)18-6-8-19(9-7-18)21(30)20(10-26)28-23(31)22(24)25/h2-9,16,20-22,27,30H,10-14H2,1H3,(H,28,31)/t20-,21+/m1/s1. The Balaban J connectivity index is 1.58. The van der Waals surface area contributed by atoms with Crippen molar-refractivity contribution in [1.82, 2.24) is 15.5 Å². The van der Waals surface area contributed by atoms with Crippen LogP contribution in [0.5, 0.6) is 0 Å². The molecule has 5 nitrogen and oxygen atoms in total. The highest BCUT2D eigenvalue weighted by molar-refractivity contribution is 6.53. The second-order valence-electron chi connectivity index (χ2n) is 7.95. The van der Waals surface area contributed by atoms with Crippen molar-refractivity contribution in [1.29, 1.82) is 0 Å². The fraction of sp³-hybridized carbons (Fsp3) is 0.435. The maximum atomic E-state index is 13.3. The Hall–Kier alpha value is -1.70. The maximum absolute atomic E-state index is 13.3. The number of nitrogens with one attached hydrogen (secondary N) is 2. The van der Waals surface area contributed by atoms with Gasteiger partial charge in [-0.25, -0.2) is 4.39 Å². The summed E-state index contributed by atoms with van der Waals surface area (Å²) in [5.41, 5.74) is 3.82. The number of nitrogens with zero attached hydrogens (tertiary/aromatic N) is 1. The first-order valence-electron chi connectivity index (χ1n) is 10.3. The number of aliphatic hydroxyl groups excluding tert-OH is 1. The van der Waals surface area contributed by atoms with Crippen molar-refractivity contribution < 1.29 is 14.3 Å². The zero-order valence-electron chi connectivity index (χ0n) is 17.4. The molecule has 3 rings (SSSR count). The Labute approximate surface area is 192 Å². The van der Waals surface area contributed by atoms with Crippen LogP contribution in [0.4, 0.5) is 4.39 Å². The molecule has 0 saturated carbocycles. The van der Waals surface area contributed by atoms with Crippen molar-refractivity contribution in [2.75, 3.05) is 33.4 Å². The molecule has 31 heavy (non-hydrogen) atoms. The van der Waals surface area contributed by atoms with Crippen molar-refractivity contribution >= 4 is 29.1 Å². The summed E-state index contributed by atoms with van der Waals surface area (Å²) in [6.45, 7) is 3.33. The monoisotopic (exact) mass is 467 g/mol. The molecule has 1 fully saturated rings. The number of rotatable bonds is 10. The molecule has 1 saturated heterocycles. The number of hydrogen-bond acceptors (Lipinski definition) is 4. The van der Waals surface area contributed by atoms with Crippen molar-refractivity contribution in [3.63, 3.8) is 0 Å². The van der Waals surface area contributed by atoms with Crippen LogP contribution in [-0.2, 0) is 11.3 Å². The third-order valence-electron chi connectivity index (χ3n) is 5.54. The summed E-state index contributed by atoms with van der Waals surface area (Å²) >= 11 is 11.0. The quantitative estimate of drug-likeness (QED) is 0.469. The summed E-state index contributed by atoms with van der Waals surface area (Å²) in [5, 5.41) is 16.0. The van der Waals surface area contributed by atoms with Crippen molar-refractivity contribution in [3.05, 3.63) is 59.7 Å². The molecule has 1 aliphatic heterocycles. The van der Waals surface area contributed by atoms with Gasteiger partial charge in [0.05, 0.1) is 6.04 Å². The number of aliphatic hydroxyl groups is 1. The Morgan fingerprint density at radius 3 is 2.23 bits per heavy atom. The van der Waals surface area contributed by atoms with E-state index in [0.717, 1.165) is 43.2 Å². The van der Waals surface area contributed by atoms with E-state index in [1.807, 2.05) is 19.2 Å². The number of hydrogen-bond donors (Lipinski definition) is 3. The summed E-state index contributed by atoms with van der Waals surface area (Å²) in [6, 6.07) is 14.5. The van der Waals surface area contributed by atoms with E-state index in [4.69, 9.17) is 23.2 Å². The molecule has 0 aliphatic carbocycles. The van der Waals surface area contributed by atoms with Gasteiger partial charge in [0.1, 0.15) is 12.8 Å². The van der Waals surface area contributed by atoms with Crippen LogP contribution in [0.3, 0.4) is 0 Å². The molecule has 1 aliphatic rings. The molecular formula is C23H28Cl2FN3O2. The fourth-order valence-electron chi connectivity index (χ4n) is 3.84. The number of likely N-dealkylation sites (tertiary alicyclic amines) is 1. The molecule has 0 spiro atoms. The summed E-state index contributed by atoms with van der Waals surface area (Å²) in [4.78, 5) is 12.7. The van der Waals surface area contributed by atoms with Gasteiger partial charge in [0, 0.05) is 26.2 Å². The van der Waals surface area contributed by atoms with Gasteiger partial charge in [-0.15, -0.1) is 0 Å². The highest BCUT2D eigenvalue weighted by Crippen LogP contribution is 2.25. The van der Waals surface area contributed by atoms with E-state index >= 15 is 0 Å². The topological polar surface area (TPSA) is 64.6 Å². The van der Waals surface area contributed by atoms with Crippen LogP contribution in [0.15, 0.2) is 48.5 Å². The molecule has 168 valence electrons. The lowest BCUT2D eigenvalue weighted by Crippen LogP contribution is -2.49. The van der Waals surface area contributed by atoms with Crippen LogP contribution in [0, 0.1) is 5.92 Å². The van der Waals surface area contributed by atoms with Crippen LogP contribution in [0.25, 0.3) is 11.1 Å². The first kappa shape index (κ1) is 24.0. The van der Waals surface area contributed by atoms with Crippen LogP contribution < -0.4 is 10.6 Å². The van der Waals surface area contributed by atoms with Crippen LogP contribution in [0.2, 0.25) is 0 Å². The molecule has 0 aromatic heterocycles. The lowest BCUT2D eigenvalue weighted by Gasteiger charge is -2.39. The predicted molar refractivity (Wildman–Crippen MR) is 123 cm³/mol. The summed E-state index contributed by atoms with van der Waals surface area (Å²) in [7, 11) is 1.99. The number of carbonyl (C=O) groups excluding carboxylic acids is 1. The summed E-state index contributed by atoms with van der Waals surface area (Å²) < 4.78 is 13.3.